The van der Waals surface area contributed by atoms with Crippen LogP contribution in [0.2, 0.25) is 0 Å². The SMILES string of the molecule is CCN(CCC(CO)(NC)c1ccccc1)CC1CC1. The molecule has 0 saturated heterocycles. The number of rotatable bonds is 9. The Morgan fingerprint density at radius 1 is 1.30 bits per heavy atom. The number of aliphatic hydroxyl groups is 1. The fourth-order valence-electron chi connectivity index (χ4n) is 2.81. The Labute approximate surface area is 123 Å². The molecule has 3 heteroatoms. The molecule has 0 aromatic heterocycles. The molecule has 0 heterocycles. The second-order valence-corrected chi connectivity index (χ2v) is 5.94. The van der Waals surface area contributed by atoms with Crippen LogP contribution in [-0.4, -0.2) is 43.3 Å². The van der Waals surface area contributed by atoms with Crippen molar-refractivity contribution < 1.29 is 5.11 Å². The number of likely N-dealkylation sites (N-methyl/N-ethyl adjacent to an activating group) is 1. The van der Waals surface area contributed by atoms with E-state index in [9.17, 15) is 5.11 Å². The Balaban J connectivity index is 2.00. The molecule has 0 bridgehead atoms. The number of aliphatic hydroxyl groups excluding tert-OH is 1. The summed E-state index contributed by atoms with van der Waals surface area (Å²) in [6.07, 6.45) is 3.73. The van der Waals surface area contributed by atoms with Crippen molar-refractivity contribution in [3.05, 3.63) is 35.9 Å². The second kappa shape index (κ2) is 7.21. The fourth-order valence-corrected chi connectivity index (χ4v) is 2.81. The third-order valence-corrected chi connectivity index (χ3v) is 4.59. The van der Waals surface area contributed by atoms with Crippen LogP contribution in [0.15, 0.2) is 30.3 Å². The number of hydrogen-bond donors (Lipinski definition) is 2. The van der Waals surface area contributed by atoms with Crippen LogP contribution in [-0.2, 0) is 5.54 Å². The van der Waals surface area contributed by atoms with Crippen LogP contribution in [0.1, 0.15) is 31.7 Å². The van der Waals surface area contributed by atoms with E-state index in [2.05, 4.69) is 29.3 Å². The van der Waals surface area contributed by atoms with Gasteiger partial charge in [-0.15, -0.1) is 0 Å². The molecule has 0 radical (unpaired) electrons. The summed E-state index contributed by atoms with van der Waals surface area (Å²) < 4.78 is 0. The molecule has 2 rings (SSSR count). The minimum Gasteiger partial charge on any atom is -0.394 e. The highest BCUT2D eigenvalue weighted by atomic mass is 16.3. The summed E-state index contributed by atoms with van der Waals surface area (Å²) in [5, 5.41) is 13.3. The smallest absolute Gasteiger partial charge is 0.0678 e. The van der Waals surface area contributed by atoms with Crippen LogP contribution in [0, 0.1) is 5.92 Å². The Kier molecular flexibility index (Phi) is 5.58. The highest BCUT2D eigenvalue weighted by Gasteiger charge is 2.31. The maximum absolute atomic E-state index is 9.93. The summed E-state index contributed by atoms with van der Waals surface area (Å²) in [4.78, 5) is 2.52. The van der Waals surface area contributed by atoms with E-state index >= 15 is 0 Å². The van der Waals surface area contributed by atoms with Gasteiger partial charge in [0.25, 0.3) is 0 Å². The van der Waals surface area contributed by atoms with Gasteiger partial charge in [0, 0.05) is 13.1 Å². The average Bonchev–Trinajstić information content (AvgIpc) is 3.32. The van der Waals surface area contributed by atoms with E-state index in [0.29, 0.717) is 0 Å². The van der Waals surface area contributed by atoms with E-state index in [4.69, 9.17) is 0 Å². The van der Waals surface area contributed by atoms with Gasteiger partial charge in [0.05, 0.1) is 12.1 Å². The van der Waals surface area contributed by atoms with Crippen molar-refractivity contribution in [2.75, 3.05) is 33.3 Å². The Morgan fingerprint density at radius 3 is 2.50 bits per heavy atom. The molecule has 1 aromatic carbocycles. The Bertz CT molecular complexity index is 385. The summed E-state index contributed by atoms with van der Waals surface area (Å²) in [7, 11) is 1.94. The minimum atomic E-state index is -0.321. The van der Waals surface area contributed by atoms with Crippen molar-refractivity contribution >= 4 is 0 Å². The Morgan fingerprint density at radius 2 is 2.00 bits per heavy atom. The van der Waals surface area contributed by atoms with E-state index < -0.39 is 0 Å². The molecule has 1 aliphatic rings. The van der Waals surface area contributed by atoms with Crippen LogP contribution in [0.5, 0.6) is 0 Å². The second-order valence-electron chi connectivity index (χ2n) is 5.94. The van der Waals surface area contributed by atoms with Gasteiger partial charge < -0.3 is 15.3 Å². The lowest BCUT2D eigenvalue weighted by Crippen LogP contribution is -2.46. The summed E-state index contributed by atoms with van der Waals surface area (Å²) in [5.41, 5.74) is 0.852. The number of benzene rings is 1. The zero-order valence-electron chi connectivity index (χ0n) is 12.8. The fraction of sp³-hybridized carbons (Fsp3) is 0.647. The van der Waals surface area contributed by atoms with Gasteiger partial charge in [-0.05, 0) is 44.3 Å². The van der Waals surface area contributed by atoms with Gasteiger partial charge in [0.1, 0.15) is 0 Å². The van der Waals surface area contributed by atoms with Crippen LogP contribution in [0.25, 0.3) is 0 Å². The third kappa shape index (κ3) is 3.81. The topological polar surface area (TPSA) is 35.5 Å². The summed E-state index contributed by atoms with van der Waals surface area (Å²) in [6, 6.07) is 10.3. The first-order chi connectivity index (χ1) is 9.74. The highest BCUT2D eigenvalue weighted by molar-refractivity contribution is 5.24. The summed E-state index contributed by atoms with van der Waals surface area (Å²) in [5.74, 6) is 0.921. The Hall–Kier alpha value is -0.900. The van der Waals surface area contributed by atoms with Crippen molar-refractivity contribution in [2.45, 2.75) is 31.7 Å². The third-order valence-electron chi connectivity index (χ3n) is 4.59. The molecule has 2 N–H and O–H groups in total. The molecule has 0 spiro atoms. The van der Waals surface area contributed by atoms with E-state index in [1.807, 2.05) is 25.2 Å². The van der Waals surface area contributed by atoms with Crippen molar-refractivity contribution in [1.29, 1.82) is 0 Å². The maximum atomic E-state index is 9.93. The van der Waals surface area contributed by atoms with Gasteiger partial charge in [-0.2, -0.15) is 0 Å². The van der Waals surface area contributed by atoms with E-state index in [1.54, 1.807) is 0 Å². The molecule has 1 aliphatic carbocycles. The zero-order chi connectivity index (χ0) is 14.4. The van der Waals surface area contributed by atoms with Gasteiger partial charge >= 0.3 is 0 Å². The predicted molar refractivity (Wildman–Crippen MR) is 83.7 cm³/mol. The van der Waals surface area contributed by atoms with Crippen LogP contribution in [0.4, 0.5) is 0 Å². The molecular weight excluding hydrogens is 248 g/mol. The molecule has 20 heavy (non-hydrogen) atoms. The molecule has 1 fully saturated rings. The zero-order valence-corrected chi connectivity index (χ0v) is 12.8. The predicted octanol–water partition coefficient (Wildman–Crippen LogP) is 2.22. The van der Waals surface area contributed by atoms with Gasteiger partial charge in [-0.3, -0.25) is 0 Å². The first-order valence-corrected chi connectivity index (χ1v) is 7.81. The quantitative estimate of drug-likeness (QED) is 0.726. The maximum Gasteiger partial charge on any atom is 0.0678 e. The van der Waals surface area contributed by atoms with Crippen LogP contribution < -0.4 is 5.32 Å². The lowest BCUT2D eigenvalue weighted by atomic mass is 9.87. The standard InChI is InChI=1S/C17H28N2O/c1-3-19(13-15-9-10-15)12-11-17(14-20,18-2)16-7-5-4-6-8-16/h4-8,15,18,20H,3,9-14H2,1-2H3. The van der Waals surface area contributed by atoms with Crippen molar-refractivity contribution in [2.24, 2.45) is 5.92 Å². The van der Waals surface area contributed by atoms with Crippen LogP contribution in [0.3, 0.4) is 0 Å². The first kappa shape index (κ1) is 15.5. The van der Waals surface area contributed by atoms with Gasteiger partial charge in [-0.1, -0.05) is 37.3 Å². The number of hydrogen-bond acceptors (Lipinski definition) is 3. The number of nitrogens with zero attached hydrogens (tertiary/aromatic N) is 1. The van der Waals surface area contributed by atoms with Crippen molar-refractivity contribution in [3.63, 3.8) is 0 Å². The van der Waals surface area contributed by atoms with Gasteiger partial charge in [0.2, 0.25) is 0 Å². The molecular formula is C17H28N2O. The number of nitrogens with one attached hydrogen (secondary N) is 1. The highest BCUT2D eigenvalue weighted by Crippen LogP contribution is 2.30. The lowest BCUT2D eigenvalue weighted by Gasteiger charge is -2.34. The van der Waals surface area contributed by atoms with Crippen LogP contribution >= 0.6 is 0 Å². The molecule has 0 amide bonds. The molecule has 0 aliphatic heterocycles. The molecule has 1 unspecified atom stereocenters. The first-order valence-electron chi connectivity index (χ1n) is 7.81. The molecule has 112 valence electrons. The normalized spacial score (nSPS) is 18.2. The van der Waals surface area contributed by atoms with Gasteiger partial charge in [-0.25, -0.2) is 0 Å². The van der Waals surface area contributed by atoms with Gasteiger partial charge in [0.15, 0.2) is 0 Å². The minimum absolute atomic E-state index is 0.133. The average molecular weight is 276 g/mol. The van der Waals surface area contributed by atoms with E-state index in [0.717, 1.165) is 25.4 Å². The molecule has 1 saturated carbocycles. The van der Waals surface area contributed by atoms with E-state index in [-0.39, 0.29) is 12.1 Å². The van der Waals surface area contributed by atoms with Crippen molar-refractivity contribution in [3.8, 4) is 0 Å². The molecule has 1 atom stereocenters. The lowest BCUT2D eigenvalue weighted by molar-refractivity contribution is 0.138. The van der Waals surface area contributed by atoms with E-state index in [1.165, 1.54) is 24.9 Å². The molecule has 1 aromatic rings. The summed E-state index contributed by atoms with van der Waals surface area (Å²) in [6.45, 7) is 5.70. The monoisotopic (exact) mass is 276 g/mol. The van der Waals surface area contributed by atoms with Crippen molar-refractivity contribution in [1.82, 2.24) is 10.2 Å². The molecule has 3 nitrogen and oxygen atoms in total. The largest absolute Gasteiger partial charge is 0.394 e. The summed E-state index contributed by atoms with van der Waals surface area (Å²) >= 11 is 0.